The van der Waals surface area contributed by atoms with Crippen LogP contribution in [0.25, 0.3) is 0 Å². The summed E-state index contributed by atoms with van der Waals surface area (Å²) in [7, 11) is 0. The van der Waals surface area contributed by atoms with Crippen LogP contribution in [-0.4, -0.2) is 17.6 Å². The zero-order chi connectivity index (χ0) is 12.1. The highest BCUT2D eigenvalue weighted by Crippen LogP contribution is 2.19. The summed E-state index contributed by atoms with van der Waals surface area (Å²) in [5.41, 5.74) is 7.19. The first-order valence-electron chi connectivity index (χ1n) is 5.16. The van der Waals surface area contributed by atoms with Gasteiger partial charge in [-0.25, -0.2) is 4.79 Å². The van der Waals surface area contributed by atoms with Crippen LogP contribution in [0.15, 0.2) is 36.0 Å². The number of ether oxygens (including phenoxy) is 1. The number of hydrogen-bond donors (Lipinski definition) is 1. The molecule has 2 N–H and O–H groups in total. The molecule has 0 atom stereocenters. The number of nitrogens with zero attached hydrogens (tertiary/aromatic N) is 1. The smallest absolute Gasteiger partial charge is 0.350 e. The number of thiophene rings is 1. The molecule has 0 saturated heterocycles. The molecular weight excluding hydrogens is 236 g/mol. The van der Waals surface area contributed by atoms with Crippen LogP contribution in [0.1, 0.15) is 15.2 Å². The average molecular weight is 248 g/mol. The standard InChI is InChI=1S/C12H12N2O2S/c13-10-4-8-17-11(10)12(15)16-7-3-9-1-5-14-6-2-9/h1-2,4-6,8H,3,7,13H2. The Hall–Kier alpha value is -1.88. The zero-order valence-electron chi connectivity index (χ0n) is 9.13. The van der Waals surface area contributed by atoms with Gasteiger partial charge in [0.25, 0.3) is 0 Å². The van der Waals surface area contributed by atoms with Crippen molar-refractivity contribution in [3.8, 4) is 0 Å². The summed E-state index contributed by atoms with van der Waals surface area (Å²) in [4.78, 5) is 16.0. The van der Waals surface area contributed by atoms with Crippen LogP contribution in [-0.2, 0) is 11.2 Å². The largest absolute Gasteiger partial charge is 0.461 e. The number of rotatable bonds is 4. The fraction of sp³-hybridized carbons (Fsp3) is 0.167. The molecule has 0 unspecified atom stereocenters. The Morgan fingerprint density at radius 2 is 2.12 bits per heavy atom. The minimum absolute atomic E-state index is 0.347. The van der Waals surface area contributed by atoms with Gasteiger partial charge >= 0.3 is 5.97 Å². The van der Waals surface area contributed by atoms with Gasteiger partial charge in [0.15, 0.2) is 0 Å². The lowest BCUT2D eigenvalue weighted by atomic mass is 10.2. The second kappa shape index (κ2) is 5.45. The van der Waals surface area contributed by atoms with Crippen LogP contribution < -0.4 is 5.73 Å². The van der Waals surface area contributed by atoms with Crippen molar-refractivity contribution in [1.82, 2.24) is 4.98 Å². The number of esters is 1. The van der Waals surface area contributed by atoms with E-state index >= 15 is 0 Å². The Kier molecular flexibility index (Phi) is 3.72. The van der Waals surface area contributed by atoms with Gasteiger partial charge in [0.05, 0.1) is 12.3 Å². The molecule has 0 bridgehead atoms. The van der Waals surface area contributed by atoms with Crippen molar-refractivity contribution in [2.24, 2.45) is 0 Å². The van der Waals surface area contributed by atoms with E-state index in [9.17, 15) is 4.79 Å². The Morgan fingerprint density at radius 1 is 1.35 bits per heavy atom. The van der Waals surface area contributed by atoms with E-state index in [2.05, 4.69) is 4.98 Å². The Balaban J connectivity index is 1.84. The van der Waals surface area contributed by atoms with Crippen LogP contribution in [0, 0.1) is 0 Å². The van der Waals surface area contributed by atoms with E-state index in [0.717, 1.165) is 5.56 Å². The molecule has 0 aliphatic heterocycles. The lowest BCUT2D eigenvalue weighted by Crippen LogP contribution is -2.08. The maximum Gasteiger partial charge on any atom is 0.350 e. The quantitative estimate of drug-likeness (QED) is 0.842. The van der Waals surface area contributed by atoms with Gasteiger partial charge in [-0.05, 0) is 29.1 Å². The van der Waals surface area contributed by atoms with Crippen molar-refractivity contribution in [1.29, 1.82) is 0 Å². The van der Waals surface area contributed by atoms with Crippen LogP contribution in [0.5, 0.6) is 0 Å². The molecule has 0 aliphatic carbocycles. The number of pyridine rings is 1. The second-order valence-electron chi connectivity index (χ2n) is 3.45. The fourth-order valence-electron chi connectivity index (χ4n) is 1.36. The molecule has 0 fully saturated rings. The molecule has 5 heteroatoms. The summed E-state index contributed by atoms with van der Waals surface area (Å²) in [5.74, 6) is -0.355. The van der Waals surface area contributed by atoms with Crippen molar-refractivity contribution in [3.05, 3.63) is 46.4 Å². The lowest BCUT2D eigenvalue weighted by molar-refractivity contribution is 0.0516. The second-order valence-corrected chi connectivity index (χ2v) is 4.36. The SMILES string of the molecule is Nc1ccsc1C(=O)OCCc1ccncc1. The summed E-state index contributed by atoms with van der Waals surface area (Å²) < 4.78 is 5.14. The minimum atomic E-state index is -0.355. The van der Waals surface area contributed by atoms with Crippen molar-refractivity contribution < 1.29 is 9.53 Å². The van der Waals surface area contributed by atoms with Crippen molar-refractivity contribution >= 4 is 23.0 Å². The normalized spacial score (nSPS) is 10.1. The van der Waals surface area contributed by atoms with Crippen molar-refractivity contribution in [2.45, 2.75) is 6.42 Å². The Labute approximate surface area is 103 Å². The number of hydrogen-bond acceptors (Lipinski definition) is 5. The van der Waals surface area contributed by atoms with Gasteiger partial charge in [-0.2, -0.15) is 0 Å². The van der Waals surface area contributed by atoms with Crippen LogP contribution in [0.3, 0.4) is 0 Å². The first kappa shape index (κ1) is 11.6. The van der Waals surface area contributed by atoms with Gasteiger partial charge in [-0.3, -0.25) is 4.98 Å². The lowest BCUT2D eigenvalue weighted by Gasteiger charge is -2.03. The molecule has 2 heterocycles. The molecule has 0 amide bonds. The first-order chi connectivity index (χ1) is 8.27. The van der Waals surface area contributed by atoms with Gasteiger partial charge < -0.3 is 10.5 Å². The zero-order valence-corrected chi connectivity index (χ0v) is 9.94. The first-order valence-corrected chi connectivity index (χ1v) is 6.04. The number of carbonyl (C=O) groups is 1. The molecule has 2 aromatic rings. The summed E-state index contributed by atoms with van der Waals surface area (Å²) in [6.07, 6.45) is 4.11. The van der Waals surface area contributed by atoms with Gasteiger partial charge in [0.2, 0.25) is 0 Å². The van der Waals surface area contributed by atoms with Gasteiger partial charge in [-0.1, -0.05) is 0 Å². The molecule has 2 rings (SSSR count). The Morgan fingerprint density at radius 3 is 2.76 bits per heavy atom. The molecule has 0 spiro atoms. The van der Waals surface area contributed by atoms with E-state index < -0.39 is 0 Å². The van der Waals surface area contributed by atoms with Crippen molar-refractivity contribution in [3.63, 3.8) is 0 Å². The van der Waals surface area contributed by atoms with Gasteiger partial charge in [0.1, 0.15) is 4.88 Å². The highest BCUT2D eigenvalue weighted by atomic mass is 32.1. The minimum Gasteiger partial charge on any atom is -0.461 e. The van der Waals surface area contributed by atoms with Crippen LogP contribution >= 0.6 is 11.3 Å². The molecule has 0 radical (unpaired) electrons. The van der Waals surface area contributed by atoms with Gasteiger partial charge in [0, 0.05) is 18.8 Å². The third kappa shape index (κ3) is 3.04. The van der Waals surface area contributed by atoms with E-state index in [1.54, 1.807) is 23.8 Å². The van der Waals surface area contributed by atoms with Gasteiger partial charge in [-0.15, -0.1) is 11.3 Å². The van der Waals surface area contributed by atoms with E-state index in [4.69, 9.17) is 10.5 Å². The van der Waals surface area contributed by atoms with E-state index in [0.29, 0.717) is 23.6 Å². The number of nitrogen functional groups attached to an aromatic ring is 1. The summed E-state index contributed by atoms with van der Waals surface area (Å²) in [6.45, 7) is 0.347. The highest BCUT2D eigenvalue weighted by molar-refractivity contribution is 7.12. The maximum atomic E-state index is 11.6. The van der Waals surface area contributed by atoms with Crippen molar-refractivity contribution in [2.75, 3.05) is 12.3 Å². The molecule has 88 valence electrons. The van der Waals surface area contributed by atoms with E-state index in [1.165, 1.54) is 11.3 Å². The topological polar surface area (TPSA) is 65.2 Å². The fourth-order valence-corrected chi connectivity index (χ4v) is 2.07. The summed E-state index contributed by atoms with van der Waals surface area (Å²) in [6, 6.07) is 5.49. The maximum absolute atomic E-state index is 11.6. The number of aromatic nitrogens is 1. The average Bonchev–Trinajstić information content (AvgIpc) is 2.77. The predicted octanol–water partition coefficient (Wildman–Crippen LogP) is 2.12. The summed E-state index contributed by atoms with van der Waals surface area (Å²) >= 11 is 1.29. The molecule has 17 heavy (non-hydrogen) atoms. The molecular formula is C12H12N2O2S. The molecule has 0 aromatic carbocycles. The molecule has 4 nitrogen and oxygen atoms in total. The number of nitrogens with two attached hydrogens (primary N) is 1. The number of anilines is 1. The molecule has 0 saturated carbocycles. The third-order valence-electron chi connectivity index (χ3n) is 2.25. The third-order valence-corrected chi connectivity index (χ3v) is 3.16. The van der Waals surface area contributed by atoms with E-state index in [-0.39, 0.29) is 5.97 Å². The number of carbonyl (C=O) groups excluding carboxylic acids is 1. The van der Waals surface area contributed by atoms with E-state index in [1.807, 2.05) is 12.1 Å². The Bertz CT molecular complexity index is 496. The molecule has 2 aromatic heterocycles. The van der Waals surface area contributed by atoms with Crippen LogP contribution in [0.4, 0.5) is 5.69 Å². The summed E-state index contributed by atoms with van der Waals surface area (Å²) in [5, 5.41) is 1.77. The molecule has 0 aliphatic rings. The monoisotopic (exact) mass is 248 g/mol. The predicted molar refractivity (Wildman–Crippen MR) is 67.0 cm³/mol. The highest BCUT2D eigenvalue weighted by Gasteiger charge is 2.12. The van der Waals surface area contributed by atoms with Crippen LogP contribution in [0.2, 0.25) is 0 Å².